The lowest BCUT2D eigenvalue weighted by Crippen LogP contribution is -2.27. The third-order valence-corrected chi connectivity index (χ3v) is 7.60. The first-order valence-corrected chi connectivity index (χ1v) is 13.8. The fourth-order valence-corrected chi connectivity index (χ4v) is 5.53. The molecule has 42 heavy (non-hydrogen) atoms. The van der Waals surface area contributed by atoms with Crippen molar-refractivity contribution in [3.8, 4) is 24.3 Å². The maximum absolute atomic E-state index is 11.7. The average molecular weight is 561 g/mol. The van der Waals surface area contributed by atoms with Crippen molar-refractivity contribution < 1.29 is 19.1 Å². The fraction of sp³-hybridized carbons (Fsp3) is 0.353. The number of nitrogens with zero attached hydrogens (tertiary/aromatic N) is 4. The molecule has 0 saturated carbocycles. The normalized spacial score (nSPS) is 19.2. The van der Waals surface area contributed by atoms with E-state index in [2.05, 4.69) is 24.3 Å². The summed E-state index contributed by atoms with van der Waals surface area (Å²) in [6.07, 6.45) is 5.02. The Morgan fingerprint density at radius 1 is 0.667 bits per heavy atom. The number of hydrogen-bond acceptors (Lipinski definition) is 8. The second kappa shape index (κ2) is 14.5. The molecule has 2 aromatic rings. The fourth-order valence-electron chi connectivity index (χ4n) is 5.53. The van der Waals surface area contributed by atoms with E-state index < -0.39 is 10.8 Å². The van der Waals surface area contributed by atoms with Crippen LogP contribution in [0.15, 0.2) is 72.8 Å². The molecular formula is C34H32N4O4. The molecule has 0 heterocycles. The summed E-state index contributed by atoms with van der Waals surface area (Å²) in [5.74, 6) is -1.44. The van der Waals surface area contributed by atoms with Gasteiger partial charge >= 0.3 is 11.9 Å². The van der Waals surface area contributed by atoms with E-state index in [4.69, 9.17) is 9.47 Å². The lowest BCUT2D eigenvalue weighted by atomic mass is 9.72. The van der Waals surface area contributed by atoms with E-state index in [1.54, 1.807) is 13.8 Å². The summed E-state index contributed by atoms with van der Waals surface area (Å²) >= 11 is 0. The van der Waals surface area contributed by atoms with E-state index in [0.29, 0.717) is 37.2 Å². The van der Waals surface area contributed by atoms with Gasteiger partial charge in [-0.1, -0.05) is 72.8 Å². The molecule has 2 aromatic carbocycles. The molecule has 0 fully saturated rings. The Labute approximate surface area is 246 Å². The highest BCUT2D eigenvalue weighted by Gasteiger charge is 2.49. The molecule has 0 unspecified atom stereocenters. The van der Waals surface area contributed by atoms with Crippen LogP contribution in [0.5, 0.6) is 0 Å². The number of rotatable bonds is 8. The topological polar surface area (TPSA) is 148 Å². The first kappa shape index (κ1) is 31.3. The minimum Gasteiger partial charge on any atom is -0.466 e. The third-order valence-electron chi connectivity index (χ3n) is 7.60. The smallest absolute Gasteiger partial charge is 0.306 e. The largest absolute Gasteiger partial charge is 0.466 e. The Kier molecular flexibility index (Phi) is 10.8. The molecule has 212 valence electrons. The van der Waals surface area contributed by atoms with Crippen molar-refractivity contribution >= 4 is 23.1 Å². The Balaban J connectivity index is 0.000000230. The zero-order valence-corrected chi connectivity index (χ0v) is 23.7. The number of hydrogen-bond donors (Lipinski definition) is 0. The van der Waals surface area contributed by atoms with Gasteiger partial charge in [0.25, 0.3) is 0 Å². The number of esters is 2. The van der Waals surface area contributed by atoms with Crippen LogP contribution in [0.1, 0.15) is 50.7 Å². The summed E-state index contributed by atoms with van der Waals surface area (Å²) in [5, 5.41) is 38.4. The van der Waals surface area contributed by atoms with E-state index in [0.717, 1.165) is 11.1 Å². The maximum atomic E-state index is 11.7. The molecule has 0 aromatic heterocycles. The second-order valence-electron chi connectivity index (χ2n) is 9.91. The van der Waals surface area contributed by atoms with E-state index in [1.165, 1.54) is 0 Å². The van der Waals surface area contributed by atoms with Crippen LogP contribution in [0.3, 0.4) is 0 Å². The highest BCUT2D eigenvalue weighted by Crippen LogP contribution is 2.50. The van der Waals surface area contributed by atoms with Crippen molar-refractivity contribution in [2.24, 2.45) is 22.7 Å². The molecule has 0 amide bonds. The highest BCUT2D eigenvalue weighted by atomic mass is 16.5. The molecule has 0 bridgehead atoms. The van der Waals surface area contributed by atoms with Crippen LogP contribution in [-0.4, -0.2) is 25.2 Å². The first-order chi connectivity index (χ1) is 20.3. The van der Waals surface area contributed by atoms with Gasteiger partial charge in [-0.2, -0.15) is 21.0 Å². The minimum absolute atomic E-state index is 0.0851. The van der Waals surface area contributed by atoms with Gasteiger partial charge in [0.05, 0.1) is 50.3 Å². The van der Waals surface area contributed by atoms with E-state index in [-0.39, 0.29) is 36.6 Å². The van der Waals surface area contributed by atoms with Gasteiger partial charge in [0.15, 0.2) is 10.8 Å². The van der Waals surface area contributed by atoms with Crippen LogP contribution < -0.4 is 0 Å². The predicted octanol–water partition coefficient (Wildman–Crippen LogP) is 6.15. The van der Waals surface area contributed by atoms with Crippen LogP contribution in [0.2, 0.25) is 0 Å². The van der Waals surface area contributed by atoms with Crippen molar-refractivity contribution in [1.29, 1.82) is 21.0 Å². The lowest BCUT2D eigenvalue weighted by molar-refractivity contribution is -0.145. The summed E-state index contributed by atoms with van der Waals surface area (Å²) in [6, 6.07) is 27.3. The summed E-state index contributed by atoms with van der Waals surface area (Å²) < 4.78 is 9.89. The van der Waals surface area contributed by atoms with E-state index >= 15 is 0 Å². The molecule has 8 nitrogen and oxygen atoms in total. The summed E-state index contributed by atoms with van der Waals surface area (Å²) in [4.78, 5) is 23.4. The van der Waals surface area contributed by atoms with Crippen molar-refractivity contribution in [2.45, 2.75) is 39.5 Å². The highest BCUT2D eigenvalue weighted by molar-refractivity contribution is 5.81. The van der Waals surface area contributed by atoms with Crippen molar-refractivity contribution in [3.05, 3.63) is 83.9 Å². The molecular weight excluding hydrogens is 528 g/mol. The molecule has 2 aliphatic rings. The number of benzene rings is 2. The summed E-state index contributed by atoms with van der Waals surface area (Å²) in [5.41, 5.74) is 0.533. The van der Waals surface area contributed by atoms with Gasteiger partial charge in [0.2, 0.25) is 0 Å². The Bertz CT molecular complexity index is 1360. The van der Waals surface area contributed by atoms with Crippen LogP contribution in [0.4, 0.5) is 0 Å². The van der Waals surface area contributed by atoms with Gasteiger partial charge in [-0.3, -0.25) is 9.59 Å². The molecule has 0 radical (unpaired) electrons. The summed E-state index contributed by atoms with van der Waals surface area (Å²) in [7, 11) is 0. The SMILES string of the molecule is CCOC(=O)C[C@@H]1CC=C(c2ccccc2)C1(C#N)C#N.CCOC(=O)C[C@H]1CC=C(c2ccccc2)C1(C#N)C#N. The van der Waals surface area contributed by atoms with Crippen LogP contribution >= 0.6 is 0 Å². The standard InChI is InChI=1S/2C17H16N2O2/c2*1-2-21-16(20)10-14-8-9-15(17(14,11-18)12-19)13-6-4-3-5-7-13/h2*3-7,9,14H,2,8,10H2,1H3/t2*14-/m10/s1. The lowest BCUT2D eigenvalue weighted by Gasteiger charge is -2.24. The molecule has 0 N–H and O–H groups in total. The second-order valence-corrected chi connectivity index (χ2v) is 9.91. The van der Waals surface area contributed by atoms with Crippen molar-refractivity contribution in [1.82, 2.24) is 0 Å². The molecule has 2 atom stereocenters. The number of nitriles is 4. The van der Waals surface area contributed by atoms with Crippen molar-refractivity contribution in [3.63, 3.8) is 0 Å². The van der Waals surface area contributed by atoms with Gasteiger partial charge in [-0.15, -0.1) is 0 Å². The third kappa shape index (κ3) is 6.41. The van der Waals surface area contributed by atoms with Gasteiger partial charge in [0, 0.05) is 11.8 Å². The maximum Gasteiger partial charge on any atom is 0.306 e. The molecule has 2 aliphatic carbocycles. The number of carbonyl (C=O) groups is 2. The van der Waals surface area contributed by atoms with E-state index in [9.17, 15) is 30.6 Å². The Hall–Kier alpha value is -5.18. The molecule has 4 rings (SSSR count). The Morgan fingerprint density at radius 3 is 1.29 bits per heavy atom. The molecule has 0 aliphatic heterocycles. The molecule has 0 spiro atoms. The average Bonchev–Trinajstić information content (AvgIpc) is 3.56. The first-order valence-electron chi connectivity index (χ1n) is 13.8. The van der Waals surface area contributed by atoms with Gasteiger partial charge in [-0.05, 0) is 49.0 Å². The predicted molar refractivity (Wildman–Crippen MR) is 155 cm³/mol. The van der Waals surface area contributed by atoms with Crippen molar-refractivity contribution in [2.75, 3.05) is 13.2 Å². The Morgan fingerprint density at radius 2 is 1.00 bits per heavy atom. The zero-order chi connectivity index (χ0) is 30.6. The summed E-state index contributed by atoms with van der Waals surface area (Å²) in [6.45, 7) is 4.08. The molecule has 8 heteroatoms. The van der Waals surface area contributed by atoms with Gasteiger partial charge < -0.3 is 9.47 Å². The number of allylic oxidation sites excluding steroid dienone is 4. The van der Waals surface area contributed by atoms with Crippen LogP contribution in [-0.2, 0) is 19.1 Å². The monoisotopic (exact) mass is 560 g/mol. The number of ether oxygens (including phenoxy) is 2. The van der Waals surface area contributed by atoms with Crippen LogP contribution in [0.25, 0.3) is 11.1 Å². The van der Waals surface area contributed by atoms with E-state index in [1.807, 2.05) is 72.8 Å². The quantitative estimate of drug-likeness (QED) is 0.349. The number of carbonyl (C=O) groups excluding carboxylic acids is 2. The minimum atomic E-state index is -1.28. The van der Waals surface area contributed by atoms with Gasteiger partial charge in [-0.25, -0.2) is 0 Å². The zero-order valence-electron chi connectivity index (χ0n) is 23.7. The van der Waals surface area contributed by atoms with Gasteiger partial charge in [0.1, 0.15) is 0 Å². The molecule has 0 saturated heterocycles. The van der Waals surface area contributed by atoms with Crippen LogP contribution in [0, 0.1) is 68.0 Å².